The highest BCUT2D eigenvalue weighted by atomic mass is 16.5. The minimum atomic E-state index is -0.814. The van der Waals surface area contributed by atoms with Crippen LogP contribution in [0.15, 0.2) is 193 Å². The number of aromatic nitrogens is 1. The number of ether oxygens (including phenoxy) is 1. The molecule has 0 unspecified atom stereocenters. The van der Waals surface area contributed by atoms with Gasteiger partial charge in [0, 0.05) is 16.5 Å². The van der Waals surface area contributed by atoms with Crippen LogP contribution in [-0.4, -0.2) is 4.57 Å². The van der Waals surface area contributed by atoms with E-state index in [1.807, 2.05) is 41.0 Å². The van der Waals surface area contributed by atoms with Gasteiger partial charge in [-0.05, 0) is 86.3 Å². The average Bonchev–Trinajstić information content (AvgIpc) is 3.23. The van der Waals surface area contributed by atoms with E-state index in [-0.39, 0.29) is 5.56 Å². The van der Waals surface area contributed by atoms with Gasteiger partial charge < -0.3 is 4.74 Å². The van der Waals surface area contributed by atoms with Gasteiger partial charge in [0.2, 0.25) is 0 Å². The van der Waals surface area contributed by atoms with Crippen LogP contribution in [0.25, 0.3) is 60.7 Å². The number of nitrogens with zero attached hydrogens (tertiary/aromatic N) is 1. The van der Waals surface area contributed by atoms with Crippen molar-refractivity contribution in [1.29, 1.82) is 0 Å². The van der Waals surface area contributed by atoms with Gasteiger partial charge in [0.25, 0.3) is 5.56 Å². The molecule has 0 amide bonds. The summed E-state index contributed by atoms with van der Waals surface area (Å²) in [4.78, 5) is 15.5. The third-order valence-corrected chi connectivity index (χ3v) is 11.3. The summed E-state index contributed by atoms with van der Waals surface area (Å²) in [6.45, 7) is 0. The fraction of sp³-hybridized carbons (Fsp3) is 0.0200. The zero-order chi connectivity index (χ0) is 35.1. The Labute approximate surface area is 306 Å². The van der Waals surface area contributed by atoms with Gasteiger partial charge in [-0.1, -0.05) is 152 Å². The lowest BCUT2D eigenvalue weighted by Crippen LogP contribution is -2.40. The number of hydrogen-bond acceptors (Lipinski definition) is 2. The summed E-state index contributed by atoms with van der Waals surface area (Å²) in [5, 5.41) is 2.69. The standard InChI is InChI=1S/C50H31NO2/c52-49-47-37(34-19-8-3-9-20-34)21-14-22-38(47)39-29-36(33-17-6-2-7-18-33)31-43-48(39)51(49)44-28-27-35(32-15-4-1-5-16-32)30-42(44)50(43)40-23-10-12-25-45(40)53-46-26-13-11-24-41(46)50/h1-31H. The molecule has 248 valence electrons. The van der Waals surface area contributed by atoms with Crippen LogP contribution in [0.3, 0.4) is 0 Å². The highest BCUT2D eigenvalue weighted by molar-refractivity contribution is 6.14. The Morgan fingerprint density at radius 2 is 0.981 bits per heavy atom. The SMILES string of the molecule is O=c1c2c(-c3ccccc3)cccc2c2cc(-c3ccccc3)cc3c2n1-c1ccc(-c2ccccc2)cc1C31c2ccccc2Oc2ccccc21. The van der Waals surface area contributed by atoms with Crippen molar-refractivity contribution in [3.8, 4) is 50.6 Å². The summed E-state index contributed by atoms with van der Waals surface area (Å²) in [5.41, 5.74) is 11.5. The van der Waals surface area contributed by atoms with Gasteiger partial charge in [-0.3, -0.25) is 9.36 Å². The van der Waals surface area contributed by atoms with Crippen molar-refractivity contribution in [1.82, 2.24) is 4.57 Å². The van der Waals surface area contributed by atoms with E-state index in [0.717, 1.165) is 89.1 Å². The maximum absolute atomic E-state index is 15.5. The van der Waals surface area contributed by atoms with Gasteiger partial charge in [0.1, 0.15) is 11.5 Å². The van der Waals surface area contributed by atoms with E-state index in [1.54, 1.807) is 0 Å². The summed E-state index contributed by atoms with van der Waals surface area (Å²) in [6.07, 6.45) is 0. The van der Waals surface area contributed by atoms with Gasteiger partial charge >= 0.3 is 0 Å². The van der Waals surface area contributed by atoms with Gasteiger partial charge in [-0.25, -0.2) is 0 Å². The smallest absolute Gasteiger partial charge is 0.264 e. The Bertz CT molecular complexity index is 2940. The Morgan fingerprint density at radius 1 is 0.415 bits per heavy atom. The summed E-state index contributed by atoms with van der Waals surface area (Å²) in [6, 6.07) is 65.7. The minimum Gasteiger partial charge on any atom is -0.457 e. The molecule has 0 N–H and O–H groups in total. The molecule has 3 heterocycles. The van der Waals surface area contributed by atoms with Crippen molar-refractivity contribution < 1.29 is 4.74 Å². The first-order valence-corrected chi connectivity index (χ1v) is 18.1. The quantitative estimate of drug-likeness (QED) is 0.174. The molecule has 1 aromatic heterocycles. The number of para-hydroxylation sites is 2. The maximum Gasteiger partial charge on any atom is 0.264 e. The molecule has 3 heteroatoms. The van der Waals surface area contributed by atoms with Crippen LogP contribution in [0.4, 0.5) is 0 Å². The van der Waals surface area contributed by atoms with Gasteiger partial charge in [0.05, 0.1) is 22.0 Å². The number of pyridine rings is 1. The van der Waals surface area contributed by atoms with Gasteiger partial charge in [-0.2, -0.15) is 0 Å². The lowest BCUT2D eigenvalue weighted by Gasteiger charge is -2.45. The van der Waals surface area contributed by atoms with E-state index in [0.29, 0.717) is 5.39 Å². The zero-order valence-corrected chi connectivity index (χ0v) is 28.7. The Balaban J connectivity index is 1.41. The first-order valence-electron chi connectivity index (χ1n) is 18.1. The average molecular weight is 678 g/mol. The van der Waals surface area contributed by atoms with Crippen LogP contribution in [0.5, 0.6) is 11.5 Å². The zero-order valence-electron chi connectivity index (χ0n) is 28.7. The summed E-state index contributed by atoms with van der Waals surface area (Å²) in [5.74, 6) is 1.62. The minimum absolute atomic E-state index is 0.0298. The molecule has 0 bridgehead atoms. The molecular weight excluding hydrogens is 647 g/mol. The second kappa shape index (κ2) is 11.3. The molecular formula is C50H31NO2. The molecule has 0 saturated carbocycles. The van der Waals surface area contributed by atoms with Crippen molar-refractivity contribution in [2.45, 2.75) is 5.41 Å². The number of rotatable bonds is 3. The van der Waals surface area contributed by atoms with Crippen LogP contribution >= 0.6 is 0 Å². The monoisotopic (exact) mass is 677 g/mol. The van der Waals surface area contributed by atoms with E-state index in [2.05, 4.69) is 152 Å². The van der Waals surface area contributed by atoms with Crippen LogP contribution in [0.1, 0.15) is 22.3 Å². The molecule has 0 saturated heterocycles. The highest BCUT2D eigenvalue weighted by Crippen LogP contribution is 2.60. The molecule has 0 aliphatic carbocycles. The van der Waals surface area contributed by atoms with E-state index < -0.39 is 5.41 Å². The Hall–Kier alpha value is -6.97. The molecule has 0 radical (unpaired) electrons. The molecule has 0 atom stereocenters. The summed E-state index contributed by atoms with van der Waals surface area (Å²) < 4.78 is 8.73. The predicted molar refractivity (Wildman–Crippen MR) is 215 cm³/mol. The number of benzene rings is 8. The third kappa shape index (κ3) is 4.13. The van der Waals surface area contributed by atoms with Crippen LogP contribution in [-0.2, 0) is 5.41 Å². The van der Waals surface area contributed by atoms with Crippen LogP contribution in [0.2, 0.25) is 0 Å². The Kier molecular flexibility index (Phi) is 6.32. The molecule has 2 aliphatic rings. The first-order chi connectivity index (χ1) is 26.2. The second-order valence-corrected chi connectivity index (χ2v) is 14.0. The fourth-order valence-electron chi connectivity index (χ4n) is 9.03. The van der Waals surface area contributed by atoms with E-state index in [9.17, 15) is 0 Å². The summed E-state index contributed by atoms with van der Waals surface area (Å²) >= 11 is 0. The first kappa shape index (κ1) is 29.7. The van der Waals surface area contributed by atoms with Crippen molar-refractivity contribution in [3.63, 3.8) is 0 Å². The summed E-state index contributed by atoms with van der Waals surface area (Å²) in [7, 11) is 0. The maximum atomic E-state index is 15.5. The normalized spacial score (nSPS) is 13.3. The second-order valence-electron chi connectivity index (χ2n) is 14.0. The number of hydrogen-bond donors (Lipinski definition) is 0. The fourth-order valence-corrected chi connectivity index (χ4v) is 9.03. The molecule has 2 aliphatic heterocycles. The molecule has 1 spiro atoms. The molecule has 3 nitrogen and oxygen atoms in total. The Morgan fingerprint density at radius 3 is 1.64 bits per heavy atom. The predicted octanol–water partition coefficient (Wildman–Crippen LogP) is 11.9. The van der Waals surface area contributed by atoms with Crippen molar-refractivity contribution >= 4 is 21.7 Å². The third-order valence-electron chi connectivity index (χ3n) is 11.3. The molecule has 9 aromatic rings. The topological polar surface area (TPSA) is 31.2 Å². The lowest BCUT2D eigenvalue weighted by atomic mass is 9.61. The molecule has 8 aromatic carbocycles. The van der Waals surface area contributed by atoms with Crippen molar-refractivity contribution in [2.75, 3.05) is 0 Å². The van der Waals surface area contributed by atoms with Crippen LogP contribution in [0, 0.1) is 0 Å². The van der Waals surface area contributed by atoms with E-state index >= 15 is 4.79 Å². The highest BCUT2D eigenvalue weighted by Gasteiger charge is 2.50. The van der Waals surface area contributed by atoms with Crippen LogP contribution < -0.4 is 10.3 Å². The van der Waals surface area contributed by atoms with Gasteiger partial charge in [0.15, 0.2) is 0 Å². The van der Waals surface area contributed by atoms with Crippen molar-refractivity contribution in [2.24, 2.45) is 0 Å². The van der Waals surface area contributed by atoms with E-state index in [4.69, 9.17) is 4.74 Å². The lowest BCUT2D eigenvalue weighted by molar-refractivity contribution is 0.434. The molecule has 53 heavy (non-hydrogen) atoms. The van der Waals surface area contributed by atoms with Crippen molar-refractivity contribution in [3.05, 3.63) is 221 Å². The molecule has 0 fully saturated rings. The molecule has 11 rings (SSSR count). The largest absolute Gasteiger partial charge is 0.457 e. The number of fused-ring (bicyclic) bond motifs is 10. The van der Waals surface area contributed by atoms with E-state index in [1.165, 1.54) is 0 Å². The van der Waals surface area contributed by atoms with Gasteiger partial charge in [-0.15, -0.1) is 0 Å².